The molecule has 1 aliphatic heterocycles. The third kappa shape index (κ3) is 8.95. The predicted octanol–water partition coefficient (Wildman–Crippen LogP) is 0.647. The molecule has 1 heterocycles. The number of rotatable bonds is 0. The molecule has 7 heteroatoms. The molecule has 0 amide bonds. The van der Waals surface area contributed by atoms with Crippen LogP contribution in [0.5, 0.6) is 0 Å². The third-order valence-corrected chi connectivity index (χ3v) is 3.76. The first-order valence-corrected chi connectivity index (χ1v) is 8.59. The summed E-state index contributed by atoms with van der Waals surface area (Å²) >= 11 is 0. The summed E-state index contributed by atoms with van der Waals surface area (Å²) in [4.78, 5) is 0. The van der Waals surface area contributed by atoms with Crippen molar-refractivity contribution >= 4 is 0 Å². The van der Waals surface area contributed by atoms with Gasteiger partial charge in [0, 0.05) is 0 Å². The van der Waals surface area contributed by atoms with Crippen LogP contribution in [-0.4, -0.2) is 91.5 Å². The molecule has 0 aromatic heterocycles. The lowest BCUT2D eigenvalue weighted by atomic mass is 9.92. The van der Waals surface area contributed by atoms with E-state index < -0.39 is 0 Å². The fourth-order valence-electron chi connectivity index (χ4n) is 2.32. The largest absolute Gasteiger partial charge is 0.377 e. The first-order chi connectivity index (χ1) is 11.5. The van der Waals surface area contributed by atoms with Crippen LogP contribution in [0, 0.1) is 0 Å². The van der Waals surface area contributed by atoms with Crippen molar-refractivity contribution in [3.63, 3.8) is 0 Å². The maximum absolute atomic E-state index is 5.77. The standard InChI is InChI=1S/C16H30O7/c1-2-16-15(1)22-13-11-20-9-7-18-5-3-17-4-6-19-8-10-21-12-14-23-16/h15-16H,1-14H2. The molecule has 1 aliphatic carbocycles. The van der Waals surface area contributed by atoms with Gasteiger partial charge in [0.2, 0.25) is 0 Å². The van der Waals surface area contributed by atoms with Crippen LogP contribution in [0.2, 0.25) is 0 Å². The lowest BCUT2D eigenvalue weighted by Gasteiger charge is -2.36. The molecule has 0 bridgehead atoms. The van der Waals surface area contributed by atoms with Crippen LogP contribution < -0.4 is 0 Å². The Labute approximate surface area is 138 Å². The maximum Gasteiger partial charge on any atom is 0.0838 e. The van der Waals surface area contributed by atoms with Gasteiger partial charge in [0.25, 0.3) is 0 Å². The molecular formula is C16H30O7. The van der Waals surface area contributed by atoms with Gasteiger partial charge in [-0.2, -0.15) is 0 Å². The molecule has 2 rings (SSSR count). The number of fused-ring (bicyclic) bond motifs is 1. The summed E-state index contributed by atoms with van der Waals surface area (Å²) in [5, 5.41) is 0. The molecule has 1 saturated heterocycles. The predicted molar refractivity (Wildman–Crippen MR) is 82.8 cm³/mol. The zero-order chi connectivity index (χ0) is 16.0. The van der Waals surface area contributed by atoms with E-state index in [9.17, 15) is 0 Å². The van der Waals surface area contributed by atoms with Crippen molar-refractivity contribution in [2.24, 2.45) is 0 Å². The Morgan fingerprint density at radius 2 is 0.609 bits per heavy atom. The molecular weight excluding hydrogens is 304 g/mol. The van der Waals surface area contributed by atoms with Crippen molar-refractivity contribution < 1.29 is 33.2 Å². The van der Waals surface area contributed by atoms with Gasteiger partial charge in [-0.3, -0.25) is 0 Å². The first kappa shape index (κ1) is 19.1. The van der Waals surface area contributed by atoms with Crippen molar-refractivity contribution in [3.8, 4) is 0 Å². The van der Waals surface area contributed by atoms with E-state index in [1.807, 2.05) is 0 Å². The summed E-state index contributed by atoms with van der Waals surface area (Å²) < 4.78 is 38.7. The molecule has 0 N–H and O–H groups in total. The van der Waals surface area contributed by atoms with E-state index in [0.717, 1.165) is 12.8 Å². The molecule has 23 heavy (non-hydrogen) atoms. The minimum atomic E-state index is 0.199. The summed E-state index contributed by atoms with van der Waals surface area (Å²) in [5.41, 5.74) is 0. The van der Waals surface area contributed by atoms with E-state index >= 15 is 0 Å². The fourth-order valence-corrected chi connectivity index (χ4v) is 2.32. The average Bonchev–Trinajstić information content (AvgIpc) is 2.54. The van der Waals surface area contributed by atoms with Gasteiger partial charge in [0.1, 0.15) is 0 Å². The van der Waals surface area contributed by atoms with Crippen LogP contribution in [0.3, 0.4) is 0 Å². The van der Waals surface area contributed by atoms with Gasteiger partial charge >= 0.3 is 0 Å². The van der Waals surface area contributed by atoms with E-state index in [4.69, 9.17) is 33.2 Å². The zero-order valence-corrected chi connectivity index (χ0v) is 13.9. The summed E-state index contributed by atoms with van der Waals surface area (Å²) in [6.07, 6.45) is 2.51. The Morgan fingerprint density at radius 1 is 0.348 bits per heavy atom. The maximum atomic E-state index is 5.77. The lowest BCUT2D eigenvalue weighted by Crippen LogP contribution is -2.42. The molecule has 2 atom stereocenters. The first-order valence-electron chi connectivity index (χ1n) is 8.59. The van der Waals surface area contributed by atoms with E-state index in [2.05, 4.69) is 0 Å². The molecule has 7 nitrogen and oxygen atoms in total. The second-order valence-corrected chi connectivity index (χ2v) is 5.46. The summed E-state index contributed by atoms with van der Waals surface area (Å²) in [5.74, 6) is 0. The summed E-state index contributed by atoms with van der Waals surface area (Å²) in [7, 11) is 0. The fraction of sp³-hybridized carbons (Fsp3) is 1.00. The van der Waals surface area contributed by atoms with Crippen molar-refractivity contribution in [2.45, 2.75) is 25.0 Å². The van der Waals surface area contributed by atoms with E-state index in [0.29, 0.717) is 79.3 Å². The minimum Gasteiger partial charge on any atom is -0.377 e. The Kier molecular flexibility index (Phi) is 10.8. The number of hydrogen-bond donors (Lipinski definition) is 0. The smallest absolute Gasteiger partial charge is 0.0838 e. The quantitative estimate of drug-likeness (QED) is 0.644. The Balaban J connectivity index is 1.57. The van der Waals surface area contributed by atoms with E-state index in [1.54, 1.807) is 0 Å². The zero-order valence-electron chi connectivity index (χ0n) is 13.9. The highest BCUT2D eigenvalue weighted by Gasteiger charge is 2.32. The summed E-state index contributed by atoms with van der Waals surface area (Å²) in [6.45, 7) is 6.97. The van der Waals surface area contributed by atoms with E-state index in [1.165, 1.54) is 0 Å². The lowest BCUT2D eigenvalue weighted by molar-refractivity contribution is -0.142. The Hall–Kier alpha value is -0.280. The van der Waals surface area contributed by atoms with Crippen LogP contribution in [0.25, 0.3) is 0 Å². The van der Waals surface area contributed by atoms with E-state index in [-0.39, 0.29) is 12.2 Å². The molecule has 0 spiro atoms. The molecule has 0 radical (unpaired) electrons. The van der Waals surface area contributed by atoms with Crippen molar-refractivity contribution in [3.05, 3.63) is 0 Å². The molecule has 2 fully saturated rings. The molecule has 136 valence electrons. The topological polar surface area (TPSA) is 64.6 Å². The van der Waals surface area contributed by atoms with Crippen molar-refractivity contribution in [1.29, 1.82) is 0 Å². The minimum absolute atomic E-state index is 0.199. The molecule has 2 unspecified atom stereocenters. The molecule has 1 saturated carbocycles. The number of hydrogen-bond acceptors (Lipinski definition) is 7. The highest BCUT2D eigenvalue weighted by Crippen LogP contribution is 2.26. The van der Waals surface area contributed by atoms with Crippen LogP contribution in [0.4, 0.5) is 0 Å². The van der Waals surface area contributed by atoms with Gasteiger partial charge in [-0.1, -0.05) is 0 Å². The number of ether oxygens (including phenoxy) is 7. The van der Waals surface area contributed by atoms with Crippen molar-refractivity contribution in [2.75, 3.05) is 79.3 Å². The normalized spacial score (nSPS) is 31.3. The van der Waals surface area contributed by atoms with Gasteiger partial charge in [-0.25, -0.2) is 0 Å². The Morgan fingerprint density at radius 3 is 0.870 bits per heavy atom. The third-order valence-electron chi connectivity index (χ3n) is 3.76. The second-order valence-electron chi connectivity index (χ2n) is 5.46. The average molecular weight is 334 g/mol. The highest BCUT2D eigenvalue weighted by atomic mass is 16.6. The Bertz CT molecular complexity index is 251. The van der Waals surface area contributed by atoms with Crippen LogP contribution in [-0.2, 0) is 33.2 Å². The van der Waals surface area contributed by atoms with Crippen LogP contribution >= 0.6 is 0 Å². The van der Waals surface area contributed by atoms with Gasteiger partial charge in [-0.15, -0.1) is 0 Å². The highest BCUT2D eigenvalue weighted by molar-refractivity contribution is 4.82. The van der Waals surface area contributed by atoms with Crippen molar-refractivity contribution in [1.82, 2.24) is 0 Å². The SMILES string of the molecule is C1COCCOCCOC2CCC2OCCOCCOCCO1. The molecule has 2 aliphatic rings. The van der Waals surface area contributed by atoms with Gasteiger partial charge in [0.15, 0.2) is 0 Å². The monoisotopic (exact) mass is 334 g/mol. The summed E-state index contributed by atoms with van der Waals surface area (Å²) in [6, 6.07) is 0. The van der Waals surface area contributed by atoms with Gasteiger partial charge in [-0.05, 0) is 12.8 Å². The van der Waals surface area contributed by atoms with Gasteiger partial charge in [0.05, 0.1) is 91.5 Å². The molecule has 0 aromatic carbocycles. The van der Waals surface area contributed by atoms with Crippen LogP contribution in [0.1, 0.15) is 12.8 Å². The van der Waals surface area contributed by atoms with Crippen LogP contribution in [0.15, 0.2) is 0 Å². The molecule has 0 aromatic rings. The van der Waals surface area contributed by atoms with Gasteiger partial charge < -0.3 is 33.2 Å². The second kappa shape index (κ2) is 13.1.